The van der Waals surface area contributed by atoms with Gasteiger partial charge in [0.25, 0.3) is 0 Å². The molecule has 0 spiro atoms. The van der Waals surface area contributed by atoms with Crippen molar-refractivity contribution in [1.29, 1.82) is 0 Å². The molecule has 0 amide bonds. The second kappa shape index (κ2) is 6.32. The Hall–Kier alpha value is -2.13. The van der Waals surface area contributed by atoms with E-state index >= 15 is 0 Å². The lowest BCUT2D eigenvalue weighted by Gasteiger charge is -2.29. The molecule has 2 aromatic rings. The van der Waals surface area contributed by atoms with Crippen LogP contribution < -0.4 is 4.74 Å². The number of ketones is 1. The van der Waals surface area contributed by atoms with E-state index in [1.54, 1.807) is 7.11 Å². The third-order valence-corrected chi connectivity index (χ3v) is 4.26. The highest BCUT2D eigenvalue weighted by Gasteiger charge is 2.21. The number of ether oxygens (including phenoxy) is 1. The third kappa shape index (κ3) is 3.04. The Morgan fingerprint density at radius 3 is 2.68 bits per heavy atom. The maximum absolute atomic E-state index is 12.4. The van der Waals surface area contributed by atoms with Gasteiger partial charge in [0.15, 0.2) is 5.78 Å². The lowest BCUT2D eigenvalue weighted by atomic mass is 9.98. The van der Waals surface area contributed by atoms with Crippen LogP contribution in [0, 0.1) is 6.92 Å². The summed E-state index contributed by atoms with van der Waals surface area (Å²) >= 11 is 0. The monoisotopic (exact) mass is 295 g/mol. The molecule has 2 aromatic carbocycles. The fraction of sp³-hybridized carbons (Fsp3) is 0.316. The first-order valence-electron chi connectivity index (χ1n) is 7.64. The van der Waals surface area contributed by atoms with Crippen LogP contribution in [0.15, 0.2) is 42.5 Å². The maximum Gasteiger partial charge on any atom is 0.176 e. The van der Waals surface area contributed by atoms with Crippen LogP contribution in [0.5, 0.6) is 5.75 Å². The Balaban J connectivity index is 1.70. The topological polar surface area (TPSA) is 29.5 Å². The number of carbonyl (C=O) groups excluding carboxylic acids is 1. The molecule has 0 atom stereocenters. The Labute approximate surface area is 131 Å². The zero-order valence-corrected chi connectivity index (χ0v) is 13.1. The molecular weight excluding hydrogens is 274 g/mol. The van der Waals surface area contributed by atoms with Gasteiger partial charge in [-0.15, -0.1) is 0 Å². The molecule has 1 aliphatic heterocycles. The van der Waals surface area contributed by atoms with Gasteiger partial charge in [0.05, 0.1) is 13.7 Å². The van der Waals surface area contributed by atoms with Gasteiger partial charge in [0.1, 0.15) is 5.75 Å². The normalized spacial score (nSPS) is 14.5. The molecule has 22 heavy (non-hydrogen) atoms. The Kier molecular flexibility index (Phi) is 4.25. The van der Waals surface area contributed by atoms with Crippen LogP contribution in [0.4, 0.5) is 0 Å². The zero-order chi connectivity index (χ0) is 15.5. The van der Waals surface area contributed by atoms with Crippen molar-refractivity contribution in [3.05, 3.63) is 64.7 Å². The fourth-order valence-corrected chi connectivity index (χ4v) is 2.99. The molecule has 0 saturated heterocycles. The van der Waals surface area contributed by atoms with Crippen molar-refractivity contribution in [1.82, 2.24) is 4.90 Å². The average molecular weight is 295 g/mol. The Bertz CT molecular complexity index is 676. The summed E-state index contributed by atoms with van der Waals surface area (Å²) in [7, 11) is 1.71. The van der Waals surface area contributed by atoms with E-state index in [4.69, 9.17) is 4.74 Å². The molecule has 0 aliphatic carbocycles. The Morgan fingerprint density at radius 2 is 1.95 bits per heavy atom. The first-order chi connectivity index (χ1) is 10.7. The summed E-state index contributed by atoms with van der Waals surface area (Å²) < 4.78 is 5.42. The molecule has 3 rings (SSSR count). The van der Waals surface area contributed by atoms with Crippen molar-refractivity contribution in [2.24, 2.45) is 0 Å². The van der Waals surface area contributed by atoms with Crippen molar-refractivity contribution >= 4 is 5.78 Å². The number of carbonyl (C=O) groups is 1. The van der Waals surface area contributed by atoms with Gasteiger partial charge in [-0.1, -0.05) is 42.0 Å². The first kappa shape index (κ1) is 14.8. The van der Waals surface area contributed by atoms with E-state index in [1.807, 2.05) is 43.3 Å². The van der Waals surface area contributed by atoms with Crippen LogP contribution in [-0.2, 0) is 13.0 Å². The molecule has 0 fully saturated rings. The molecule has 0 saturated carbocycles. The van der Waals surface area contributed by atoms with E-state index < -0.39 is 0 Å². The molecule has 1 aliphatic rings. The maximum atomic E-state index is 12.4. The molecule has 0 bridgehead atoms. The Morgan fingerprint density at radius 1 is 1.18 bits per heavy atom. The van der Waals surface area contributed by atoms with Crippen LogP contribution >= 0.6 is 0 Å². The molecule has 0 aromatic heterocycles. The number of hydrogen-bond acceptors (Lipinski definition) is 3. The van der Waals surface area contributed by atoms with Gasteiger partial charge in [0, 0.05) is 18.7 Å². The summed E-state index contributed by atoms with van der Waals surface area (Å²) in [6, 6.07) is 14.0. The van der Waals surface area contributed by atoms with Crippen molar-refractivity contribution < 1.29 is 9.53 Å². The van der Waals surface area contributed by atoms with E-state index in [0.717, 1.165) is 30.8 Å². The summed E-state index contributed by atoms with van der Waals surface area (Å²) in [5.74, 6) is 1.15. The minimum Gasteiger partial charge on any atom is -0.496 e. The van der Waals surface area contributed by atoms with Gasteiger partial charge in [-0.05, 0) is 30.5 Å². The van der Waals surface area contributed by atoms with E-state index in [0.29, 0.717) is 6.54 Å². The number of methoxy groups -OCH3 is 1. The molecule has 3 heteroatoms. The van der Waals surface area contributed by atoms with Crippen molar-refractivity contribution in [2.45, 2.75) is 19.9 Å². The summed E-state index contributed by atoms with van der Waals surface area (Å²) in [5, 5.41) is 0. The van der Waals surface area contributed by atoms with E-state index in [-0.39, 0.29) is 5.78 Å². The minimum absolute atomic E-state index is 0.186. The highest BCUT2D eigenvalue weighted by atomic mass is 16.5. The molecule has 114 valence electrons. The summed E-state index contributed by atoms with van der Waals surface area (Å²) in [6.45, 7) is 4.21. The largest absolute Gasteiger partial charge is 0.496 e. The van der Waals surface area contributed by atoms with Crippen molar-refractivity contribution in [3.8, 4) is 5.75 Å². The molecule has 0 unspecified atom stereocenters. The lowest BCUT2D eigenvalue weighted by molar-refractivity contribution is 0.0921. The summed E-state index contributed by atoms with van der Waals surface area (Å²) in [6.07, 6.45) is 0.931. The average Bonchev–Trinajstić information content (AvgIpc) is 2.54. The minimum atomic E-state index is 0.186. The fourth-order valence-electron chi connectivity index (χ4n) is 2.99. The van der Waals surface area contributed by atoms with Crippen LogP contribution in [-0.4, -0.2) is 30.9 Å². The highest BCUT2D eigenvalue weighted by molar-refractivity contribution is 5.97. The second-order valence-electron chi connectivity index (χ2n) is 5.85. The number of rotatable bonds is 4. The standard InChI is InChI=1S/C19H21NO2/c1-14-6-8-15(9-7-14)18(21)13-20-11-10-17-16(12-20)4-3-5-19(17)22-2/h3-9H,10-13H2,1-2H3. The van der Waals surface area contributed by atoms with E-state index in [1.165, 1.54) is 16.7 Å². The van der Waals surface area contributed by atoms with Crippen molar-refractivity contribution in [2.75, 3.05) is 20.2 Å². The van der Waals surface area contributed by atoms with Crippen LogP contribution in [0.25, 0.3) is 0 Å². The zero-order valence-electron chi connectivity index (χ0n) is 13.1. The summed E-state index contributed by atoms with van der Waals surface area (Å²) in [4.78, 5) is 14.6. The molecule has 3 nitrogen and oxygen atoms in total. The first-order valence-corrected chi connectivity index (χ1v) is 7.64. The van der Waals surface area contributed by atoms with Gasteiger partial charge in [-0.25, -0.2) is 0 Å². The molecule has 1 heterocycles. The van der Waals surface area contributed by atoms with E-state index in [2.05, 4.69) is 11.0 Å². The summed E-state index contributed by atoms with van der Waals surface area (Å²) in [5.41, 5.74) is 4.52. The van der Waals surface area contributed by atoms with Crippen LogP contribution in [0.3, 0.4) is 0 Å². The van der Waals surface area contributed by atoms with Gasteiger partial charge in [-0.3, -0.25) is 9.69 Å². The predicted molar refractivity (Wildman–Crippen MR) is 87.5 cm³/mol. The van der Waals surface area contributed by atoms with Gasteiger partial charge >= 0.3 is 0 Å². The number of benzene rings is 2. The SMILES string of the molecule is COc1cccc2c1CCN(CC(=O)c1ccc(C)cc1)C2. The smallest absolute Gasteiger partial charge is 0.176 e. The van der Waals surface area contributed by atoms with Crippen LogP contribution in [0.2, 0.25) is 0 Å². The van der Waals surface area contributed by atoms with Crippen molar-refractivity contribution in [3.63, 3.8) is 0 Å². The van der Waals surface area contributed by atoms with Gasteiger partial charge in [-0.2, -0.15) is 0 Å². The van der Waals surface area contributed by atoms with E-state index in [9.17, 15) is 4.79 Å². The number of aryl methyl sites for hydroxylation is 1. The van der Waals surface area contributed by atoms with Gasteiger partial charge < -0.3 is 4.74 Å². The van der Waals surface area contributed by atoms with Crippen LogP contribution in [0.1, 0.15) is 27.0 Å². The molecule has 0 N–H and O–H groups in total. The lowest BCUT2D eigenvalue weighted by Crippen LogP contribution is -2.35. The molecule has 0 radical (unpaired) electrons. The number of fused-ring (bicyclic) bond motifs is 1. The number of Topliss-reactive ketones (excluding diaryl/α,β-unsaturated/α-hetero) is 1. The van der Waals surface area contributed by atoms with Gasteiger partial charge in [0.2, 0.25) is 0 Å². The highest BCUT2D eigenvalue weighted by Crippen LogP contribution is 2.27. The third-order valence-electron chi connectivity index (χ3n) is 4.26. The second-order valence-corrected chi connectivity index (χ2v) is 5.85. The quantitative estimate of drug-likeness (QED) is 0.811. The number of hydrogen-bond donors (Lipinski definition) is 0. The predicted octanol–water partition coefficient (Wildman–Crippen LogP) is 3.24. The number of nitrogens with zero attached hydrogens (tertiary/aromatic N) is 1. The molecular formula is C19H21NO2.